The molecule has 0 saturated carbocycles. The average Bonchev–Trinajstić information content (AvgIpc) is 2.55. The minimum Gasteiger partial charge on any atom is -0.225 e. The molecule has 0 aliphatic heterocycles. The Morgan fingerprint density at radius 3 is 1.52 bits per heavy atom. The molecule has 0 aliphatic rings. The highest BCUT2D eigenvalue weighted by Gasteiger charge is 2.28. The van der Waals surface area contributed by atoms with Gasteiger partial charge < -0.3 is 0 Å². The summed E-state index contributed by atoms with van der Waals surface area (Å²) in [5.41, 5.74) is -0.104. The molecule has 0 heterocycles. The standard InChI is InChI=1S/C17H15N3O6S3/c1-8-16(28(19,23)24)11-4-2-9-3-7-13(27(18,21)22)10-5-6-12(15(11)14(9)10)17(8)29(20,25)26/h2-7H,1H3,(H2,18,21,22)(H2,19,23,24)(H2,20,25,26). The van der Waals surface area contributed by atoms with E-state index in [2.05, 4.69) is 0 Å². The van der Waals surface area contributed by atoms with Gasteiger partial charge >= 0.3 is 0 Å². The first-order valence-electron chi connectivity index (χ1n) is 8.05. The van der Waals surface area contributed by atoms with Gasteiger partial charge in [-0.25, -0.2) is 40.7 Å². The van der Waals surface area contributed by atoms with Crippen LogP contribution in [0.15, 0.2) is 51.1 Å². The van der Waals surface area contributed by atoms with Crippen molar-refractivity contribution in [1.29, 1.82) is 0 Å². The second-order valence-corrected chi connectivity index (χ2v) is 11.3. The molecule has 0 atom stereocenters. The second kappa shape index (κ2) is 5.84. The van der Waals surface area contributed by atoms with Gasteiger partial charge in [0.2, 0.25) is 30.1 Å². The Hall–Kier alpha value is -2.35. The molecule has 0 bridgehead atoms. The zero-order valence-electron chi connectivity index (χ0n) is 14.9. The molecule has 0 amide bonds. The Balaban J connectivity index is 2.48. The van der Waals surface area contributed by atoms with E-state index >= 15 is 0 Å². The first kappa shape index (κ1) is 19.9. The zero-order valence-corrected chi connectivity index (χ0v) is 17.3. The molecule has 152 valence electrons. The van der Waals surface area contributed by atoms with Gasteiger partial charge in [-0.1, -0.05) is 30.3 Å². The SMILES string of the molecule is Cc1c(S(N)(=O)=O)c2ccc3ccc(S(N)(=O)=O)c4ccc(c1S(N)(=O)=O)c2c34. The molecule has 4 aromatic carbocycles. The molecule has 9 nitrogen and oxygen atoms in total. The maximum Gasteiger partial charge on any atom is 0.238 e. The highest BCUT2D eigenvalue weighted by molar-refractivity contribution is 7.90. The lowest BCUT2D eigenvalue weighted by atomic mass is 9.93. The lowest BCUT2D eigenvalue weighted by Gasteiger charge is -2.19. The smallest absolute Gasteiger partial charge is 0.225 e. The molecule has 12 heteroatoms. The Labute approximate surface area is 166 Å². The molecule has 0 fully saturated rings. The molecule has 0 aliphatic carbocycles. The van der Waals surface area contributed by atoms with Crippen LogP contribution in [0.2, 0.25) is 0 Å². The maximum atomic E-state index is 12.3. The summed E-state index contributed by atoms with van der Waals surface area (Å²) in [6, 6.07) is 8.76. The van der Waals surface area contributed by atoms with Crippen LogP contribution in [0, 0.1) is 6.92 Å². The lowest BCUT2D eigenvalue weighted by Crippen LogP contribution is -2.20. The molecular weight excluding hydrogens is 438 g/mol. The van der Waals surface area contributed by atoms with E-state index in [1.165, 1.54) is 37.3 Å². The van der Waals surface area contributed by atoms with E-state index in [1.54, 1.807) is 6.07 Å². The van der Waals surface area contributed by atoms with Gasteiger partial charge in [0.15, 0.2) is 0 Å². The van der Waals surface area contributed by atoms with E-state index < -0.39 is 30.1 Å². The normalized spacial score (nSPS) is 13.7. The fourth-order valence-corrected chi connectivity index (χ4v) is 6.80. The molecule has 0 saturated heterocycles. The van der Waals surface area contributed by atoms with E-state index in [0.29, 0.717) is 10.8 Å². The van der Waals surface area contributed by atoms with Crippen LogP contribution in [0.25, 0.3) is 32.3 Å². The molecule has 29 heavy (non-hydrogen) atoms. The molecular formula is C17H15N3O6S3. The van der Waals surface area contributed by atoms with Crippen molar-refractivity contribution in [3.05, 3.63) is 42.0 Å². The number of primary sulfonamides is 3. The Morgan fingerprint density at radius 1 is 0.586 bits per heavy atom. The first-order chi connectivity index (χ1) is 13.2. The largest absolute Gasteiger partial charge is 0.238 e. The van der Waals surface area contributed by atoms with Crippen molar-refractivity contribution in [1.82, 2.24) is 0 Å². The highest BCUT2D eigenvalue weighted by Crippen LogP contribution is 2.43. The van der Waals surface area contributed by atoms with Gasteiger partial charge in [0, 0.05) is 21.5 Å². The number of rotatable bonds is 3. The van der Waals surface area contributed by atoms with Crippen molar-refractivity contribution in [2.75, 3.05) is 0 Å². The quantitative estimate of drug-likeness (QED) is 0.386. The predicted molar refractivity (Wildman–Crippen MR) is 109 cm³/mol. The zero-order chi connectivity index (χ0) is 21.5. The van der Waals surface area contributed by atoms with E-state index in [4.69, 9.17) is 15.4 Å². The first-order valence-corrected chi connectivity index (χ1v) is 12.7. The average molecular weight is 454 g/mol. The topological polar surface area (TPSA) is 180 Å². The van der Waals surface area contributed by atoms with Gasteiger partial charge in [-0.2, -0.15) is 0 Å². The monoisotopic (exact) mass is 453 g/mol. The third-order valence-electron chi connectivity index (χ3n) is 4.92. The predicted octanol–water partition coefficient (Wildman–Crippen LogP) is 0.835. The number of benzene rings is 4. The van der Waals surface area contributed by atoms with E-state index in [9.17, 15) is 25.3 Å². The summed E-state index contributed by atoms with van der Waals surface area (Å²) in [7, 11) is -12.8. The van der Waals surface area contributed by atoms with Crippen LogP contribution in [0.5, 0.6) is 0 Å². The van der Waals surface area contributed by atoms with Gasteiger partial charge in [0.25, 0.3) is 0 Å². The Morgan fingerprint density at radius 2 is 1.03 bits per heavy atom. The van der Waals surface area contributed by atoms with Crippen LogP contribution in [0.4, 0.5) is 0 Å². The van der Waals surface area contributed by atoms with Crippen LogP contribution in [0.1, 0.15) is 5.56 Å². The molecule has 0 radical (unpaired) electrons. The van der Waals surface area contributed by atoms with Gasteiger partial charge in [-0.05, 0) is 29.3 Å². The van der Waals surface area contributed by atoms with Gasteiger partial charge in [-0.15, -0.1) is 0 Å². The number of hydrogen-bond acceptors (Lipinski definition) is 6. The fourth-order valence-electron chi connectivity index (χ4n) is 3.99. The van der Waals surface area contributed by atoms with Crippen LogP contribution >= 0.6 is 0 Å². The number of nitrogens with two attached hydrogens (primary N) is 3. The van der Waals surface area contributed by atoms with E-state index in [0.717, 1.165) is 0 Å². The fraction of sp³-hybridized carbons (Fsp3) is 0.0588. The van der Waals surface area contributed by atoms with Crippen LogP contribution in [-0.2, 0) is 30.1 Å². The van der Waals surface area contributed by atoms with Gasteiger partial charge in [0.1, 0.15) is 0 Å². The van der Waals surface area contributed by atoms with E-state index in [-0.39, 0.29) is 41.8 Å². The van der Waals surface area contributed by atoms with Crippen molar-refractivity contribution in [2.45, 2.75) is 21.6 Å². The highest BCUT2D eigenvalue weighted by atomic mass is 32.2. The second-order valence-electron chi connectivity index (χ2n) is 6.73. The molecule has 4 aromatic rings. The summed E-state index contributed by atoms with van der Waals surface area (Å²) in [6.45, 7) is 1.31. The van der Waals surface area contributed by atoms with Crippen molar-refractivity contribution in [3.63, 3.8) is 0 Å². The molecule has 0 unspecified atom stereocenters. The van der Waals surface area contributed by atoms with Crippen LogP contribution in [-0.4, -0.2) is 25.3 Å². The minimum absolute atomic E-state index is 0.104. The summed E-state index contributed by atoms with van der Waals surface area (Å²) in [5, 5.41) is 17.8. The van der Waals surface area contributed by atoms with Crippen molar-refractivity contribution in [2.24, 2.45) is 15.4 Å². The summed E-state index contributed by atoms with van der Waals surface area (Å²) in [4.78, 5) is -0.942. The summed E-state index contributed by atoms with van der Waals surface area (Å²) in [6.07, 6.45) is 0. The number of sulfonamides is 3. The summed E-state index contributed by atoms with van der Waals surface area (Å²) in [5.74, 6) is 0. The molecule has 0 spiro atoms. The Kier molecular flexibility index (Phi) is 4.02. The molecule has 0 aromatic heterocycles. The maximum absolute atomic E-state index is 12.3. The summed E-state index contributed by atoms with van der Waals surface area (Å²) >= 11 is 0. The minimum atomic E-state index is -4.34. The van der Waals surface area contributed by atoms with Crippen molar-refractivity contribution in [3.8, 4) is 0 Å². The third-order valence-corrected chi connectivity index (χ3v) is 8.08. The van der Waals surface area contributed by atoms with Crippen molar-refractivity contribution < 1.29 is 25.3 Å². The van der Waals surface area contributed by atoms with Gasteiger partial charge in [-0.3, -0.25) is 0 Å². The van der Waals surface area contributed by atoms with Crippen molar-refractivity contribution >= 4 is 62.4 Å². The van der Waals surface area contributed by atoms with Crippen LogP contribution < -0.4 is 15.4 Å². The van der Waals surface area contributed by atoms with E-state index in [1.807, 2.05) is 0 Å². The lowest BCUT2D eigenvalue weighted by molar-refractivity contribution is 0.594. The molecule has 6 N–H and O–H groups in total. The number of hydrogen-bond donors (Lipinski definition) is 3. The Bertz CT molecular complexity index is 1620. The molecule has 4 rings (SSSR count). The van der Waals surface area contributed by atoms with Gasteiger partial charge in [0.05, 0.1) is 14.7 Å². The summed E-state index contributed by atoms with van der Waals surface area (Å²) < 4.78 is 73.4. The van der Waals surface area contributed by atoms with Crippen LogP contribution in [0.3, 0.4) is 0 Å². The third kappa shape index (κ3) is 2.87.